The van der Waals surface area contributed by atoms with Gasteiger partial charge in [-0.3, -0.25) is 0 Å². The first-order valence-electron chi connectivity index (χ1n) is 6.21. The first-order chi connectivity index (χ1) is 9.54. The summed E-state index contributed by atoms with van der Waals surface area (Å²) >= 11 is 0. The van der Waals surface area contributed by atoms with E-state index < -0.39 is 23.6 Å². The third-order valence-corrected chi connectivity index (χ3v) is 3.43. The van der Waals surface area contributed by atoms with Gasteiger partial charge in [0.1, 0.15) is 17.7 Å². The van der Waals surface area contributed by atoms with Crippen LogP contribution >= 0.6 is 0 Å². The maximum atomic E-state index is 13.3. The van der Waals surface area contributed by atoms with Gasteiger partial charge < -0.3 is 10.5 Å². The van der Waals surface area contributed by atoms with Crippen LogP contribution in [0.15, 0.2) is 36.4 Å². The van der Waals surface area contributed by atoms with E-state index >= 15 is 0 Å². The molecule has 0 saturated heterocycles. The van der Waals surface area contributed by atoms with Crippen molar-refractivity contribution in [2.24, 2.45) is 5.73 Å². The molecule has 0 amide bonds. The van der Waals surface area contributed by atoms with Crippen LogP contribution < -0.4 is 10.5 Å². The molecule has 5 heteroatoms. The highest BCUT2D eigenvalue weighted by Crippen LogP contribution is 2.40. The smallest absolute Gasteiger partial charge is 0.159 e. The Kier molecular flexibility index (Phi) is 3.14. The molecule has 0 aliphatic carbocycles. The molecule has 3 rings (SSSR count). The van der Waals surface area contributed by atoms with E-state index in [0.717, 1.165) is 12.1 Å². The standard InChI is InChI=1S/C15H12F3NO/c16-9-2-3-10-13(19)7-14(20-15(10)6-9)8-1-4-11(17)12(18)5-8/h1-6,13-14H,7,19H2/t13-,14?/m0/s1. The van der Waals surface area contributed by atoms with E-state index in [2.05, 4.69) is 0 Å². The average Bonchev–Trinajstić information content (AvgIpc) is 2.41. The van der Waals surface area contributed by atoms with Gasteiger partial charge in [-0.05, 0) is 23.8 Å². The summed E-state index contributed by atoms with van der Waals surface area (Å²) in [5.41, 5.74) is 7.22. The molecule has 0 saturated carbocycles. The molecule has 0 aromatic heterocycles. The second-order valence-electron chi connectivity index (χ2n) is 4.80. The molecular formula is C15H12F3NO. The quantitative estimate of drug-likeness (QED) is 0.865. The minimum Gasteiger partial charge on any atom is -0.485 e. The van der Waals surface area contributed by atoms with Crippen LogP contribution in [0.4, 0.5) is 13.2 Å². The van der Waals surface area contributed by atoms with Gasteiger partial charge in [-0.15, -0.1) is 0 Å². The average molecular weight is 279 g/mol. The predicted molar refractivity (Wildman–Crippen MR) is 67.7 cm³/mol. The molecule has 0 radical (unpaired) electrons. The van der Waals surface area contributed by atoms with Crippen molar-refractivity contribution < 1.29 is 17.9 Å². The zero-order chi connectivity index (χ0) is 14.3. The van der Waals surface area contributed by atoms with E-state index in [4.69, 9.17) is 10.5 Å². The number of rotatable bonds is 1. The number of nitrogens with two attached hydrogens (primary N) is 1. The first kappa shape index (κ1) is 13.0. The van der Waals surface area contributed by atoms with Gasteiger partial charge in [0.15, 0.2) is 11.6 Å². The zero-order valence-corrected chi connectivity index (χ0v) is 10.4. The number of halogens is 3. The van der Waals surface area contributed by atoms with Gasteiger partial charge in [0, 0.05) is 24.1 Å². The summed E-state index contributed by atoms with van der Waals surface area (Å²) in [6, 6.07) is 7.38. The number of benzene rings is 2. The molecule has 2 nitrogen and oxygen atoms in total. The van der Waals surface area contributed by atoms with Gasteiger partial charge in [0.25, 0.3) is 0 Å². The molecule has 2 atom stereocenters. The van der Waals surface area contributed by atoms with Crippen molar-refractivity contribution >= 4 is 0 Å². The van der Waals surface area contributed by atoms with Gasteiger partial charge in [0.05, 0.1) is 0 Å². The van der Waals surface area contributed by atoms with Crippen molar-refractivity contribution in [1.29, 1.82) is 0 Å². The number of ether oxygens (including phenoxy) is 1. The summed E-state index contributed by atoms with van der Waals surface area (Å²) in [4.78, 5) is 0. The van der Waals surface area contributed by atoms with E-state index in [1.165, 1.54) is 18.2 Å². The second-order valence-corrected chi connectivity index (χ2v) is 4.80. The van der Waals surface area contributed by atoms with E-state index in [1.807, 2.05) is 0 Å². The summed E-state index contributed by atoms with van der Waals surface area (Å²) in [7, 11) is 0. The Morgan fingerprint density at radius 3 is 2.55 bits per heavy atom. The molecule has 0 fully saturated rings. The monoisotopic (exact) mass is 279 g/mol. The molecule has 2 aromatic carbocycles. The van der Waals surface area contributed by atoms with Crippen LogP contribution in [0.2, 0.25) is 0 Å². The second kappa shape index (κ2) is 4.83. The van der Waals surface area contributed by atoms with E-state index in [1.54, 1.807) is 6.07 Å². The molecule has 104 valence electrons. The summed E-state index contributed by atoms with van der Waals surface area (Å²) in [5, 5.41) is 0. The van der Waals surface area contributed by atoms with E-state index in [0.29, 0.717) is 23.3 Å². The van der Waals surface area contributed by atoms with Gasteiger partial charge in [-0.2, -0.15) is 0 Å². The van der Waals surface area contributed by atoms with Crippen LogP contribution in [-0.4, -0.2) is 0 Å². The van der Waals surface area contributed by atoms with Crippen LogP contribution in [-0.2, 0) is 0 Å². The Balaban J connectivity index is 1.96. The Labute approximate surface area is 114 Å². The molecule has 0 bridgehead atoms. The van der Waals surface area contributed by atoms with Crippen molar-refractivity contribution in [3.63, 3.8) is 0 Å². The van der Waals surface area contributed by atoms with Crippen LogP contribution in [0.1, 0.15) is 29.7 Å². The molecule has 1 unspecified atom stereocenters. The molecule has 1 heterocycles. The lowest BCUT2D eigenvalue weighted by Crippen LogP contribution is -2.24. The summed E-state index contributed by atoms with van der Waals surface area (Å²) in [5.74, 6) is -1.94. The van der Waals surface area contributed by atoms with Gasteiger partial charge in [0.2, 0.25) is 0 Å². The fraction of sp³-hybridized carbons (Fsp3) is 0.200. The first-order valence-corrected chi connectivity index (χ1v) is 6.21. The minimum atomic E-state index is -0.940. The maximum Gasteiger partial charge on any atom is 0.159 e. The van der Waals surface area contributed by atoms with Gasteiger partial charge in [-0.25, -0.2) is 13.2 Å². The molecule has 1 aliphatic heterocycles. The normalized spacial score (nSPS) is 21.2. The SMILES string of the molecule is N[C@H]1CC(c2ccc(F)c(F)c2)Oc2cc(F)ccc21. The molecule has 1 aliphatic rings. The maximum absolute atomic E-state index is 13.3. The third-order valence-electron chi connectivity index (χ3n) is 3.43. The highest BCUT2D eigenvalue weighted by atomic mass is 19.2. The minimum absolute atomic E-state index is 0.336. The topological polar surface area (TPSA) is 35.2 Å². The lowest BCUT2D eigenvalue weighted by atomic mass is 9.93. The van der Waals surface area contributed by atoms with Crippen molar-refractivity contribution in [2.45, 2.75) is 18.6 Å². The Bertz CT molecular complexity index is 660. The van der Waals surface area contributed by atoms with Crippen LogP contribution in [0.3, 0.4) is 0 Å². The van der Waals surface area contributed by atoms with Crippen molar-refractivity contribution in [1.82, 2.24) is 0 Å². The highest BCUT2D eigenvalue weighted by molar-refractivity contribution is 5.39. The number of hydrogen-bond donors (Lipinski definition) is 1. The zero-order valence-electron chi connectivity index (χ0n) is 10.4. The van der Waals surface area contributed by atoms with Crippen molar-refractivity contribution in [2.75, 3.05) is 0 Å². The number of fused-ring (bicyclic) bond motifs is 1. The fourth-order valence-corrected chi connectivity index (χ4v) is 2.39. The summed E-state index contributed by atoms with van der Waals surface area (Å²) in [6.07, 6.45) is -0.0987. The number of hydrogen-bond acceptors (Lipinski definition) is 2. The van der Waals surface area contributed by atoms with Gasteiger partial charge >= 0.3 is 0 Å². The molecular weight excluding hydrogens is 267 g/mol. The van der Waals surface area contributed by atoms with Crippen LogP contribution in [0, 0.1) is 17.5 Å². The summed E-state index contributed by atoms with van der Waals surface area (Å²) < 4.78 is 45.1. The van der Waals surface area contributed by atoms with Crippen molar-refractivity contribution in [3.05, 3.63) is 65.0 Å². The van der Waals surface area contributed by atoms with Crippen molar-refractivity contribution in [3.8, 4) is 5.75 Å². The molecule has 2 N–H and O–H groups in total. The molecule has 2 aromatic rings. The van der Waals surface area contributed by atoms with Crippen LogP contribution in [0.25, 0.3) is 0 Å². The lowest BCUT2D eigenvalue weighted by Gasteiger charge is -2.30. The Morgan fingerprint density at radius 1 is 1.00 bits per heavy atom. The predicted octanol–water partition coefficient (Wildman–Crippen LogP) is 3.63. The fourth-order valence-electron chi connectivity index (χ4n) is 2.39. The Hall–Kier alpha value is -2.01. The van der Waals surface area contributed by atoms with Crippen LogP contribution in [0.5, 0.6) is 5.75 Å². The molecule has 20 heavy (non-hydrogen) atoms. The van der Waals surface area contributed by atoms with Gasteiger partial charge in [-0.1, -0.05) is 12.1 Å². The van der Waals surface area contributed by atoms with E-state index in [9.17, 15) is 13.2 Å². The largest absolute Gasteiger partial charge is 0.485 e. The summed E-state index contributed by atoms with van der Waals surface area (Å²) in [6.45, 7) is 0. The highest BCUT2D eigenvalue weighted by Gasteiger charge is 2.27. The lowest BCUT2D eigenvalue weighted by molar-refractivity contribution is 0.160. The molecule has 0 spiro atoms. The Morgan fingerprint density at radius 2 is 1.80 bits per heavy atom. The van der Waals surface area contributed by atoms with E-state index in [-0.39, 0.29) is 6.04 Å². The third kappa shape index (κ3) is 2.25.